The van der Waals surface area contributed by atoms with Gasteiger partial charge in [0, 0.05) is 31.9 Å². The van der Waals surface area contributed by atoms with Gasteiger partial charge in [0.05, 0.1) is 7.11 Å². The molecular weight excluding hydrogens is 268 g/mol. The smallest absolute Gasteiger partial charge is 0.227 e. The third kappa shape index (κ3) is 6.14. The normalized spacial score (nSPS) is 10.4. The molecule has 1 aromatic carbocycles. The zero-order valence-electron chi connectivity index (χ0n) is 13.0. The number of rotatable bonds is 10. The van der Waals surface area contributed by atoms with E-state index in [-0.39, 0.29) is 5.91 Å². The first-order valence-corrected chi connectivity index (χ1v) is 7.45. The van der Waals surface area contributed by atoms with Crippen LogP contribution in [-0.2, 0) is 9.53 Å². The van der Waals surface area contributed by atoms with Gasteiger partial charge in [-0.05, 0) is 50.6 Å². The van der Waals surface area contributed by atoms with E-state index >= 15 is 0 Å². The lowest BCUT2D eigenvalue weighted by Gasteiger charge is -2.23. The Morgan fingerprint density at radius 3 is 2.52 bits per heavy atom. The van der Waals surface area contributed by atoms with Crippen LogP contribution in [0.5, 0.6) is 5.75 Å². The first kappa shape index (κ1) is 17.5. The van der Waals surface area contributed by atoms with Crippen LogP contribution in [-0.4, -0.2) is 39.3 Å². The maximum absolute atomic E-state index is 12.4. The molecule has 1 amide bonds. The summed E-state index contributed by atoms with van der Waals surface area (Å²) >= 11 is 0. The van der Waals surface area contributed by atoms with Crippen molar-refractivity contribution in [3.63, 3.8) is 0 Å². The molecule has 0 atom stereocenters. The highest BCUT2D eigenvalue weighted by atomic mass is 16.5. The molecule has 0 spiro atoms. The molecule has 0 saturated heterocycles. The van der Waals surface area contributed by atoms with Crippen LogP contribution in [0.1, 0.15) is 26.2 Å². The molecule has 0 heterocycles. The molecule has 0 fully saturated rings. The summed E-state index contributed by atoms with van der Waals surface area (Å²) in [6.07, 6.45) is 2.00. The lowest BCUT2D eigenvalue weighted by atomic mass is 10.2. The Balaban J connectivity index is 2.66. The fraction of sp³-hybridized carbons (Fsp3) is 0.562. The molecule has 0 aliphatic rings. The SMILES string of the molecule is CCOCCCC(=O)N(CCCN)c1ccc(OC)cc1. The minimum absolute atomic E-state index is 0.105. The van der Waals surface area contributed by atoms with Gasteiger partial charge in [-0.3, -0.25) is 4.79 Å². The van der Waals surface area contributed by atoms with Crippen LogP contribution >= 0.6 is 0 Å². The van der Waals surface area contributed by atoms with Crippen LogP contribution in [0, 0.1) is 0 Å². The van der Waals surface area contributed by atoms with E-state index in [1.165, 1.54) is 0 Å². The number of methoxy groups -OCH3 is 1. The Hall–Kier alpha value is -1.59. The molecule has 0 aliphatic carbocycles. The standard InChI is InChI=1S/C16H26N2O3/c1-3-21-13-4-6-16(19)18(12-5-11-17)14-7-9-15(20-2)10-8-14/h7-10H,3-6,11-13,17H2,1-2H3. The molecule has 5 heteroatoms. The van der Waals surface area contributed by atoms with Crippen molar-refractivity contribution >= 4 is 11.6 Å². The summed E-state index contributed by atoms with van der Waals surface area (Å²) in [7, 11) is 1.63. The van der Waals surface area contributed by atoms with Gasteiger partial charge in [0.15, 0.2) is 0 Å². The quantitative estimate of drug-likeness (QED) is 0.672. The molecule has 1 aromatic rings. The lowest BCUT2D eigenvalue weighted by Crippen LogP contribution is -2.33. The molecule has 118 valence electrons. The number of benzene rings is 1. The number of anilines is 1. The minimum atomic E-state index is 0.105. The predicted molar refractivity (Wildman–Crippen MR) is 84.7 cm³/mol. The van der Waals surface area contributed by atoms with Crippen LogP contribution in [0.3, 0.4) is 0 Å². The predicted octanol–water partition coefficient (Wildman–Crippen LogP) is 2.19. The Kier molecular flexibility index (Phi) is 8.47. The molecule has 0 aliphatic heterocycles. The Morgan fingerprint density at radius 2 is 1.95 bits per heavy atom. The number of amides is 1. The molecule has 5 nitrogen and oxygen atoms in total. The second-order valence-electron chi connectivity index (χ2n) is 4.69. The molecule has 21 heavy (non-hydrogen) atoms. The van der Waals surface area contributed by atoms with Crippen LogP contribution in [0.4, 0.5) is 5.69 Å². The van der Waals surface area contributed by atoms with Crippen LogP contribution in [0.15, 0.2) is 24.3 Å². The number of nitrogens with zero attached hydrogens (tertiary/aromatic N) is 1. The fourth-order valence-corrected chi connectivity index (χ4v) is 2.01. The summed E-state index contributed by atoms with van der Waals surface area (Å²) in [6, 6.07) is 7.52. The summed E-state index contributed by atoms with van der Waals surface area (Å²) in [5.74, 6) is 0.884. The number of hydrogen-bond donors (Lipinski definition) is 1. The van der Waals surface area contributed by atoms with Gasteiger partial charge in [0.1, 0.15) is 5.75 Å². The maximum atomic E-state index is 12.4. The molecule has 0 saturated carbocycles. The highest BCUT2D eigenvalue weighted by Crippen LogP contribution is 2.20. The summed E-state index contributed by atoms with van der Waals surface area (Å²) in [6.45, 7) is 4.46. The van der Waals surface area contributed by atoms with Gasteiger partial charge in [0.25, 0.3) is 0 Å². The van der Waals surface area contributed by atoms with Crippen molar-refractivity contribution in [3.05, 3.63) is 24.3 Å². The third-order valence-corrected chi connectivity index (χ3v) is 3.15. The highest BCUT2D eigenvalue weighted by molar-refractivity contribution is 5.93. The fourth-order valence-electron chi connectivity index (χ4n) is 2.01. The lowest BCUT2D eigenvalue weighted by molar-refractivity contribution is -0.119. The van der Waals surface area contributed by atoms with Crippen molar-refractivity contribution in [1.82, 2.24) is 0 Å². The van der Waals surface area contributed by atoms with Crippen molar-refractivity contribution < 1.29 is 14.3 Å². The van der Waals surface area contributed by atoms with E-state index in [4.69, 9.17) is 15.2 Å². The van der Waals surface area contributed by atoms with Crippen LogP contribution < -0.4 is 15.4 Å². The molecule has 1 rings (SSSR count). The average Bonchev–Trinajstić information content (AvgIpc) is 2.52. The largest absolute Gasteiger partial charge is 0.497 e. The summed E-state index contributed by atoms with van der Waals surface area (Å²) < 4.78 is 10.4. The number of carbonyl (C=O) groups excluding carboxylic acids is 1. The second kappa shape index (κ2) is 10.2. The van der Waals surface area contributed by atoms with E-state index in [2.05, 4.69) is 0 Å². The van der Waals surface area contributed by atoms with Gasteiger partial charge in [-0.1, -0.05) is 0 Å². The molecule has 0 unspecified atom stereocenters. The van der Waals surface area contributed by atoms with Crippen molar-refractivity contribution in [2.45, 2.75) is 26.2 Å². The zero-order valence-corrected chi connectivity index (χ0v) is 13.0. The van der Waals surface area contributed by atoms with E-state index in [1.807, 2.05) is 31.2 Å². The van der Waals surface area contributed by atoms with Crippen molar-refractivity contribution in [2.24, 2.45) is 5.73 Å². The Labute approximate surface area is 127 Å². The first-order valence-electron chi connectivity index (χ1n) is 7.45. The van der Waals surface area contributed by atoms with E-state index in [0.29, 0.717) is 32.7 Å². The van der Waals surface area contributed by atoms with Gasteiger partial charge in [0.2, 0.25) is 5.91 Å². The van der Waals surface area contributed by atoms with E-state index < -0.39 is 0 Å². The molecule has 0 aromatic heterocycles. The van der Waals surface area contributed by atoms with Gasteiger partial charge >= 0.3 is 0 Å². The topological polar surface area (TPSA) is 64.8 Å². The first-order chi connectivity index (χ1) is 10.2. The summed E-state index contributed by atoms with van der Waals surface area (Å²) in [5, 5.41) is 0. The molecule has 0 radical (unpaired) electrons. The number of ether oxygens (including phenoxy) is 2. The van der Waals surface area contributed by atoms with Crippen molar-refractivity contribution in [3.8, 4) is 5.75 Å². The van der Waals surface area contributed by atoms with Gasteiger partial charge < -0.3 is 20.1 Å². The van der Waals surface area contributed by atoms with E-state index in [0.717, 1.165) is 24.3 Å². The average molecular weight is 294 g/mol. The maximum Gasteiger partial charge on any atom is 0.227 e. The van der Waals surface area contributed by atoms with Crippen molar-refractivity contribution in [1.29, 1.82) is 0 Å². The van der Waals surface area contributed by atoms with Gasteiger partial charge in [-0.2, -0.15) is 0 Å². The zero-order chi connectivity index (χ0) is 15.5. The van der Waals surface area contributed by atoms with Gasteiger partial charge in [-0.15, -0.1) is 0 Å². The minimum Gasteiger partial charge on any atom is -0.497 e. The number of hydrogen-bond acceptors (Lipinski definition) is 4. The van der Waals surface area contributed by atoms with Gasteiger partial charge in [-0.25, -0.2) is 0 Å². The summed E-state index contributed by atoms with van der Waals surface area (Å²) in [4.78, 5) is 14.2. The number of carbonyl (C=O) groups is 1. The van der Waals surface area contributed by atoms with Crippen LogP contribution in [0.25, 0.3) is 0 Å². The van der Waals surface area contributed by atoms with E-state index in [9.17, 15) is 4.79 Å². The highest BCUT2D eigenvalue weighted by Gasteiger charge is 2.15. The molecular formula is C16H26N2O3. The monoisotopic (exact) mass is 294 g/mol. The molecule has 0 bridgehead atoms. The van der Waals surface area contributed by atoms with E-state index in [1.54, 1.807) is 12.0 Å². The van der Waals surface area contributed by atoms with Crippen molar-refractivity contribution in [2.75, 3.05) is 38.3 Å². The second-order valence-corrected chi connectivity index (χ2v) is 4.69. The van der Waals surface area contributed by atoms with Crippen LogP contribution in [0.2, 0.25) is 0 Å². The Morgan fingerprint density at radius 1 is 1.24 bits per heavy atom. The molecule has 2 N–H and O–H groups in total. The number of nitrogens with two attached hydrogens (primary N) is 1. The Bertz CT molecular complexity index is 406. The summed E-state index contributed by atoms with van der Waals surface area (Å²) in [5.41, 5.74) is 6.44. The third-order valence-electron chi connectivity index (χ3n) is 3.15.